The highest BCUT2D eigenvalue weighted by Crippen LogP contribution is 2.04. The van der Waals surface area contributed by atoms with E-state index in [9.17, 15) is 0 Å². The van der Waals surface area contributed by atoms with Crippen LogP contribution in [0.1, 0.15) is 12.0 Å². The van der Waals surface area contributed by atoms with Gasteiger partial charge in [-0.1, -0.05) is 0 Å². The molecule has 2 aromatic heterocycles. The third-order valence-electron chi connectivity index (χ3n) is 2.29. The molecule has 90 valence electrons. The fourth-order valence-electron chi connectivity index (χ4n) is 1.43. The molecule has 17 heavy (non-hydrogen) atoms. The van der Waals surface area contributed by atoms with E-state index in [-0.39, 0.29) is 0 Å². The minimum absolute atomic E-state index is 0.699. The topological polar surface area (TPSA) is 49.8 Å². The molecule has 4 nitrogen and oxygen atoms in total. The highest BCUT2D eigenvalue weighted by Gasteiger charge is 1.94. The number of nitrogens with one attached hydrogen (secondary N) is 2. The van der Waals surface area contributed by atoms with Crippen LogP contribution in [0.5, 0.6) is 0 Å². The van der Waals surface area contributed by atoms with Gasteiger partial charge in [0.15, 0.2) is 0 Å². The van der Waals surface area contributed by atoms with Crippen LogP contribution >= 0.6 is 11.3 Å². The van der Waals surface area contributed by atoms with Crippen molar-refractivity contribution in [3.63, 3.8) is 0 Å². The monoisotopic (exact) mass is 248 g/mol. The quantitative estimate of drug-likeness (QED) is 0.737. The van der Waals surface area contributed by atoms with Crippen molar-refractivity contribution in [1.29, 1.82) is 0 Å². The number of nitrogens with zero attached hydrogens (tertiary/aromatic N) is 2. The number of hydrogen-bond acceptors (Lipinski definition) is 5. The van der Waals surface area contributed by atoms with Crippen molar-refractivity contribution < 1.29 is 0 Å². The Labute approximate surface area is 105 Å². The van der Waals surface area contributed by atoms with Crippen LogP contribution in [0.3, 0.4) is 0 Å². The number of anilines is 1. The standard InChI is InChI=1S/C12H16N4S/c1(4-13-9-11-3-8-17-10-11)5-14-12-15-6-2-7-16-12/h2-3,6-8,10,13H,1,4-5,9H2,(H,14,15,16). The highest BCUT2D eigenvalue weighted by molar-refractivity contribution is 7.07. The van der Waals surface area contributed by atoms with Gasteiger partial charge in [-0.2, -0.15) is 11.3 Å². The Morgan fingerprint density at radius 2 is 2.06 bits per heavy atom. The molecule has 0 aliphatic carbocycles. The Bertz CT molecular complexity index is 402. The Kier molecular flexibility index (Phi) is 4.93. The van der Waals surface area contributed by atoms with Gasteiger partial charge in [-0.05, 0) is 41.4 Å². The van der Waals surface area contributed by atoms with Crippen molar-refractivity contribution in [1.82, 2.24) is 15.3 Å². The van der Waals surface area contributed by atoms with Gasteiger partial charge in [-0.3, -0.25) is 0 Å². The fraction of sp³-hybridized carbons (Fsp3) is 0.333. The van der Waals surface area contributed by atoms with Gasteiger partial charge in [-0.15, -0.1) is 0 Å². The summed E-state index contributed by atoms with van der Waals surface area (Å²) in [5.74, 6) is 0.699. The fourth-order valence-corrected chi connectivity index (χ4v) is 2.10. The second-order valence-corrected chi connectivity index (χ2v) is 4.44. The number of aromatic nitrogens is 2. The molecule has 0 radical (unpaired) electrons. The van der Waals surface area contributed by atoms with Gasteiger partial charge in [-0.25, -0.2) is 9.97 Å². The van der Waals surface area contributed by atoms with Crippen LogP contribution in [-0.4, -0.2) is 23.1 Å². The molecule has 0 unspecified atom stereocenters. The summed E-state index contributed by atoms with van der Waals surface area (Å²) in [7, 11) is 0. The largest absolute Gasteiger partial charge is 0.354 e. The summed E-state index contributed by atoms with van der Waals surface area (Å²) >= 11 is 1.74. The van der Waals surface area contributed by atoms with Crippen LogP contribution in [0.4, 0.5) is 5.95 Å². The zero-order valence-corrected chi connectivity index (χ0v) is 10.4. The van der Waals surface area contributed by atoms with Crippen LogP contribution in [0, 0.1) is 0 Å². The second kappa shape index (κ2) is 6.98. The Morgan fingerprint density at radius 1 is 1.18 bits per heavy atom. The summed E-state index contributed by atoms with van der Waals surface area (Å²) in [6.07, 6.45) is 4.54. The predicted octanol–water partition coefficient (Wildman–Crippen LogP) is 2.13. The molecule has 0 fully saturated rings. The van der Waals surface area contributed by atoms with Crippen molar-refractivity contribution in [2.45, 2.75) is 13.0 Å². The molecule has 5 heteroatoms. The average molecular weight is 248 g/mol. The van der Waals surface area contributed by atoms with Crippen molar-refractivity contribution in [3.8, 4) is 0 Å². The van der Waals surface area contributed by atoms with Crippen molar-refractivity contribution >= 4 is 17.3 Å². The molecule has 0 saturated carbocycles. The lowest BCUT2D eigenvalue weighted by Crippen LogP contribution is -2.17. The average Bonchev–Trinajstić information content (AvgIpc) is 2.88. The summed E-state index contributed by atoms with van der Waals surface area (Å²) in [6.45, 7) is 2.83. The zero-order valence-electron chi connectivity index (χ0n) is 9.60. The van der Waals surface area contributed by atoms with E-state index in [4.69, 9.17) is 0 Å². The van der Waals surface area contributed by atoms with E-state index in [1.807, 2.05) is 6.07 Å². The zero-order chi connectivity index (χ0) is 11.8. The molecule has 2 rings (SSSR count). The second-order valence-electron chi connectivity index (χ2n) is 3.66. The maximum Gasteiger partial charge on any atom is 0.222 e. The van der Waals surface area contributed by atoms with Crippen LogP contribution < -0.4 is 10.6 Å². The van der Waals surface area contributed by atoms with E-state index in [1.54, 1.807) is 23.7 Å². The van der Waals surface area contributed by atoms with Gasteiger partial charge in [0.2, 0.25) is 5.95 Å². The van der Waals surface area contributed by atoms with Gasteiger partial charge < -0.3 is 10.6 Å². The summed E-state index contributed by atoms with van der Waals surface area (Å²) < 4.78 is 0. The molecular formula is C12H16N4S. The van der Waals surface area contributed by atoms with E-state index in [0.717, 1.165) is 26.1 Å². The molecule has 0 saturated heterocycles. The Hall–Kier alpha value is -1.46. The number of rotatable bonds is 7. The molecule has 2 aromatic rings. The smallest absolute Gasteiger partial charge is 0.222 e. The molecule has 0 atom stereocenters. The summed E-state index contributed by atoms with van der Waals surface area (Å²) in [5.41, 5.74) is 1.36. The maximum atomic E-state index is 4.10. The van der Waals surface area contributed by atoms with Crippen LogP contribution in [0.15, 0.2) is 35.3 Å². The molecule has 0 bridgehead atoms. The molecule has 0 spiro atoms. The van der Waals surface area contributed by atoms with Crippen molar-refractivity contribution in [2.24, 2.45) is 0 Å². The van der Waals surface area contributed by atoms with E-state index >= 15 is 0 Å². The first-order valence-electron chi connectivity index (χ1n) is 5.68. The van der Waals surface area contributed by atoms with E-state index in [1.165, 1.54) is 5.56 Å². The maximum absolute atomic E-state index is 4.10. The molecule has 0 aromatic carbocycles. The lowest BCUT2D eigenvalue weighted by molar-refractivity contribution is 0.663. The molecule has 0 amide bonds. The molecule has 0 aliphatic heterocycles. The number of thiophene rings is 1. The van der Waals surface area contributed by atoms with Gasteiger partial charge in [0.1, 0.15) is 0 Å². The van der Waals surface area contributed by atoms with E-state index in [2.05, 4.69) is 37.4 Å². The minimum Gasteiger partial charge on any atom is -0.354 e. The van der Waals surface area contributed by atoms with Gasteiger partial charge in [0.05, 0.1) is 0 Å². The Morgan fingerprint density at radius 3 is 2.82 bits per heavy atom. The minimum atomic E-state index is 0.699. The normalized spacial score (nSPS) is 10.4. The van der Waals surface area contributed by atoms with Gasteiger partial charge >= 0.3 is 0 Å². The highest BCUT2D eigenvalue weighted by atomic mass is 32.1. The Balaban J connectivity index is 1.52. The van der Waals surface area contributed by atoms with Crippen LogP contribution in [-0.2, 0) is 6.54 Å². The van der Waals surface area contributed by atoms with Gasteiger partial charge in [0.25, 0.3) is 0 Å². The first-order chi connectivity index (χ1) is 8.45. The van der Waals surface area contributed by atoms with Crippen LogP contribution in [0.25, 0.3) is 0 Å². The lowest BCUT2D eigenvalue weighted by atomic mass is 10.3. The lowest BCUT2D eigenvalue weighted by Gasteiger charge is -2.05. The van der Waals surface area contributed by atoms with Crippen molar-refractivity contribution in [3.05, 3.63) is 40.8 Å². The first-order valence-corrected chi connectivity index (χ1v) is 6.62. The SMILES string of the molecule is c1cnc(NCCCNCc2ccsc2)nc1. The van der Waals surface area contributed by atoms with E-state index < -0.39 is 0 Å². The molecule has 0 aliphatic rings. The van der Waals surface area contributed by atoms with Crippen LogP contribution in [0.2, 0.25) is 0 Å². The predicted molar refractivity (Wildman–Crippen MR) is 71.2 cm³/mol. The number of hydrogen-bond donors (Lipinski definition) is 2. The third kappa shape index (κ3) is 4.50. The summed E-state index contributed by atoms with van der Waals surface area (Å²) in [6, 6.07) is 3.96. The summed E-state index contributed by atoms with van der Waals surface area (Å²) in [4.78, 5) is 8.19. The van der Waals surface area contributed by atoms with Crippen molar-refractivity contribution in [2.75, 3.05) is 18.4 Å². The molecule has 2 N–H and O–H groups in total. The molecular weight excluding hydrogens is 232 g/mol. The summed E-state index contributed by atoms with van der Waals surface area (Å²) in [5, 5.41) is 10.9. The first kappa shape index (κ1) is 12.0. The third-order valence-corrected chi connectivity index (χ3v) is 3.02. The van der Waals surface area contributed by atoms with E-state index in [0.29, 0.717) is 5.95 Å². The molecule has 2 heterocycles. The van der Waals surface area contributed by atoms with Gasteiger partial charge in [0, 0.05) is 25.5 Å².